The molecule has 0 aliphatic carbocycles. The minimum absolute atomic E-state index is 0.153. The molecule has 0 saturated heterocycles. The summed E-state index contributed by atoms with van der Waals surface area (Å²) in [7, 11) is 1.64. The number of hydrogen-bond donors (Lipinski definition) is 1. The summed E-state index contributed by atoms with van der Waals surface area (Å²) in [5, 5.41) is 0.620. The maximum Gasteiger partial charge on any atom is 0.261 e. The Hall–Kier alpha value is -2.05. The highest BCUT2D eigenvalue weighted by atomic mass is 79.9. The molecule has 2 unspecified atom stereocenters. The number of carbonyl (C=O) groups is 1. The number of nitrogens with two attached hydrogens (primary N) is 1. The standard InChI is InChI=1S/C18H15BrClN3O2/c1-23-16(24)18(22-17(23)21)9-15(10-3-2-4-12(20)7-10)25-14-6-5-11(19)8-13(14)18/h2-8,15H,9H2,1H3,(H2,21,22). The molecule has 1 spiro atoms. The molecule has 0 saturated carbocycles. The van der Waals surface area contributed by atoms with Crippen molar-refractivity contribution in [3.63, 3.8) is 0 Å². The fourth-order valence-electron chi connectivity index (χ4n) is 3.40. The van der Waals surface area contributed by atoms with Crippen LogP contribution >= 0.6 is 27.5 Å². The molecule has 2 aliphatic rings. The zero-order valence-corrected chi connectivity index (χ0v) is 15.7. The molecule has 0 fully saturated rings. The lowest BCUT2D eigenvalue weighted by atomic mass is 9.80. The molecule has 4 rings (SSSR count). The van der Waals surface area contributed by atoms with Crippen molar-refractivity contribution >= 4 is 39.4 Å². The van der Waals surface area contributed by atoms with Gasteiger partial charge in [0.2, 0.25) is 0 Å². The van der Waals surface area contributed by atoms with Crippen LogP contribution < -0.4 is 10.5 Å². The molecular weight excluding hydrogens is 406 g/mol. The Balaban J connectivity index is 1.89. The van der Waals surface area contributed by atoms with E-state index in [0.29, 0.717) is 17.2 Å². The summed E-state index contributed by atoms with van der Waals surface area (Å²) >= 11 is 9.59. The number of carbonyl (C=O) groups excluding carboxylic acids is 1. The summed E-state index contributed by atoms with van der Waals surface area (Å²) in [6, 6.07) is 13.0. The number of hydrogen-bond acceptors (Lipinski definition) is 4. The highest BCUT2D eigenvalue weighted by Gasteiger charge is 2.53. The topological polar surface area (TPSA) is 67.9 Å². The third-order valence-corrected chi connectivity index (χ3v) is 5.39. The van der Waals surface area contributed by atoms with E-state index in [1.54, 1.807) is 13.1 Å². The van der Waals surface area contributed by atoms with Crippen molar-refractivity contribution in [2.45, 2.75) is 18.1 Å². The van der Waals surface area contributed by atoms with E-state index >= 15 is 0 Å². The van der Waals surface area contributed by atoms with Gasteiger partial charge in [0.25, 0.3) is 5.91 Å². The number of benzene rings is 2. The molecule has 0 bridgehead atoms. The van der Waals surface area contributed by atoms with Gasteiger partial charge in [-0.05, 0) is 35.9 Å². The minimum atomic E-state index is -1.08. The monoisotopic (exact) mass is 419 g/mol. The third kappa shape index (κ3) is 2.51. The van der Waals surface area contributed by atoms with Crippen LogP contribution in [0, 0.1) is 0 Å². The van der Waals surface area contributed by atoms with Crippen LogP contribution in [-0.4, -0.2) is 23.8 Å². The molecule has 25 heavy (non-hydrogen) atoms. The number of amides is 1. The summed E-state index contributed by atoms with van der Waals surface area (Å²) in [6.07, 6.45) is 0.0140. The Morgan fingerprint density at radius 1 is 1.36 bits per heavy atom. The van der Waals surface area contributed by atoms with E-state index in [9.17, 15) is 4.79 Å². The van der Waals surface area contributed by atoms with Crippen molar-refractivity contribution in [2.24, 2.45) is 10.7 Å². The highest BCUT2D eigenvalue weighted by molar-refractivity contribution is 9.10. The van der Waals surface area contributed by atoms with Crippen molar-refractivity contribution in [3.8, 4) is 5.75 Å². The van der Waals surface area contributed by atoms with Gasteiger partial charge in [-0.25, -0.2) is 4.99 Å². The minimum Gasteiger partial charge on any atom is -0.485 e. The number of rotatable bonds is 1. The third-order valence-electron chi connectivity index (χ3n) is 4.67. The van der Waals surface area contributed by atoms with Crippen LogP contribution in [0.4, 0.5) is 0 Å². The van der Waals surface area contributed by atoms with Crippen LogP contribution in [0.1, 0.15) is 23.7 Å². The molecule has 5 nitrogen and oxygen atoms in total. The van der Waals surface area contributed by atoms with Gasteiger partial charge in [-0.1, -0.05) is 39.7 Å². The summed E-state index contributed by atoms with van der Waals surface area (Å²) < 4.78 is 7.03. The quantitative estimate of drug-likeness (QED) is 0.766. The molecule has 128 valence electrons. The second-order valence-corrected chi connectivity index (χ2v) is 7.55. The molecule has 1 amide bonds. The van der Waals surface area contributed by atoms with Crippen molar-refractivity contribution in [1.29, 1.82) is 0 Å². The maximum atomic E-state index is 13.0. The molecule has 2 N–H and O–H groups in total. The molecule has 0 radical (unpaired) electrons. The molecule has 7 heteroatoms. The molecule has 2 atom stereocenters. The van der Waals surface area contributed by atoms with E-state index in [-0.39, 0.29) is 18.0 Å². The van der Waals surface area contributed by atoms with Crippen molar-refractivity contribution in [3.05, 3.63) is 63.1 Å². The van der Waals surface area contributed by atoms with Crippen molar-refractivity contribution in [1.82, 2.24) is 4.90 Å². The number of likely N-dealkylation sites (N-methyl/N-ethyl adjacent to an activating group) is 1. The summed E-state index contributed by atoms with van der Waals surface area (Å²) in [4.78, 5) is 19.0. The average Bonchev–Trinajstić information content (AvgIpc) is 2.80. The van der Waals surface area contributed by atoms with E-state index in [2.05, 4.69) is 20.9 Å². The number of fused-ring (bicyclic) bond motifs is 2. The Morgan fingerprint density at radius 2 is 2.16 bits per heavy atom. The summed E-state index contributed by atoms with van der Waals surface area (Å²) in [5.41, 5.74) is 6.50. The molecule has 2 heterocycles. The Bertz CT molecular complexity index is 917. The predicted octanol–water partition coefficient (Wildman–Crippen LogP) is 3.61. The van der Waals surface area contributed by atoms with E-state index in [0.717, 1.165) is 15.6 Å². The van der Waals surface area contributed by atoms with Gasteiger partial charge in [0.05, 0.1) is 0 Å². The van der Waals surface area contributed by atoms with Crippen LogP contribution in [0.25, 0.3) is 0 Å². The second kappa shape index (κ2) is 5.75. The lowest BCUT2D eigenvalue weighted by Gasteiger charge is -2.37. The van der Waals surface area contributed by atoms with E-state index in [1.165, 1.54) is 4.90 Å². The van der Waals surface area contributed by atoms with Gasteiger partial charge in [-0.3, -0.25) is 9.69 Å². The molecule has 2 aromatic rings. The van der Waals surface area contributed by atoms with Gasteiger partial charge in [0.1, 0.15) is 11.9 Å². The number of nitrogens with zero attached hydrogens (tertiary/aromatic N) is 2. The van der Waals surface area contributed by atoms with Gasteiger partial charge in [0.15, 0.2) is 11.5 Å². The van der Waals surface area contributed by atoms with Crippen LogP contribution in [0.2, 0.25) is 5.02 Å². The lowest BCUT2D eigenvalue weighted by molar-refractivity contribution is -0.132. The first-order valence-electron chi connectivity index (χ1n) is 7.76. The summed E-state index contributed by atoms with van der Waals surface area (Å²) in [6.45, 7) is 0. The Labute approximate surface area is 158 Å². The first kappa shape index (κ1) is 16.4. The van der Waals surface area contributed by atoms with Crippen LogP contribution in [0.15, 0.2) is 51.9 Å². The van der Waals surface area contributed by atoms with Crippen LogP contribution in [0.3, 0.4) is 0 Å². The SMILES string of the molecule is CN1C(=O)C2(CC(c3cccc(Cl)c3)Oc3ccc(Br)cc32)N=C1N. The smallest absolute Gasteiger partial charge is 0.261 e. The van der Waals surface area contributed by atoms with Gasteiger partial charge in [0, 0.05) is 28.5 Å². The fourth-order valence-corrected chi connectivity index (χ4v) is 3.96. The van der Waals surface area contributed by atoms with Gasteiger partial charge >= 0.3 is 0 Å². The Kier molecular flexibility index (Phi) is 3.77. The number of halogens is 2. The lowest BCUT2D eigenvalue weighted by Crippen LogP contribution is -2.43. The second-order valence-electron chi connectivity index (χ2n) is 6.20. The van der Waals surface area contributed by atoms with Crippen LogP contribution in [-0.2, 0) is 10.3 Å². The number of guanidine groups is 1. The fraction of sp³-hybridized carbons (Fsp3) is 0.222. The van der Waals surface area contributed by atoms with E-state index in [1.807, 2.05) is 36.4 Å². The largest absolute Gasteiger partial charge is 0.485 e. The maximum absolute atomic E-state index is 13.0. The average molecular weight is 421 g/mol. The van der Waals surface area contributed by atoms with Gasteiger partial charge in [-0.15, -0.1) is 0 Å². The van der Waals surface area contributed by atoms with Crippen molar-refractivity contribution < 1.29 is 9.53 Å². The Morgan fingerprint density at radius 3 is 2.84 bits per heavy atom. The zero-order chi connectivity index (χ0) is 17.8. The first-order valence-corrected chi connectivity index (χ1v) is 8.93. The molecule has 2 aromatic carbocycles. The van der Waals surface area contributed by atoms with Gasteiger partial charge < -0.3 is 10.5 Å². The van der Waals surface area contributed by atoms with Gasteiger partial charge in [-0.2, -0.15) is 0 Å². The van der Waals surface area contributed by atoms with E-state index in [4.69, 9.17) is 22.1 Å². The molecular formula is C18H15BrClN3O2. The summed E-state index contributed by atoms with van der Waals surface area (Å²) in [5.74, 6) is 0.682. The number of aliphatic imine (C=N–C) groups is 1. The van der Waals surface area contributed by atoms with Crippen molar-refractivity contribution in [2.75, 3.05) is 7.05 Å². The highest BCUT2D eigenvalue weighted by Crippen LogP contribution is 2.50. The zero-order valence-electron chi connectivity index (χ0n) is 13.4. The number of ether oxygens (including phenoxy) is 1. The van der Waals surface area contributed by atoms with E-state index < -0.39 is 5.54 Å². The molecule has 2 aliphatic heterocycles. The van der Waals surface area contributed by atoms with Crippen LogP contribution in [0.5, 0.6) is 5.75 Å². The predicted molar refractivity (Wildman–Crippen MR) is 99.7 cm³/mol. The normalized spacial score (nSPS) is 24.9. The molecule has 0 aromatic heterocycles. The first-order chi connectivity index (χ1) is 11.9.